The number of halogens is 1. The van der Waals surface area contributed by atoms with Crippen LogP contribution in [0.1, 0.15) is 18.4 Å². The Kier molecular flexibility index (Phi) is 3.80. The highest BCUT2D eigenvalue weighted by Crippen LogP contribution is 2.22. The van der Waals surface area contributed by atoms with Gasteiger partial charge in [-0.15, -0.1) is 0 Å². The van der Waals surface area contributed by atoms with E-state index in [9.17, 15) is 14.3 Å². The average Bonchev–Trinajstić information content (AvgIpc) is 2.26. The molecule has 1 aromatic carbocycles. The quantitative estimate of drug-likeness (QED) is 0.771. The molecule has 0 aromatic heterocycles. The Hall–Kier alpha value is -1.42. The van der Waals surface area contributed by atoms with E-state index in [0.29, 0.717) is 5.56 Å². The zero-order valence-corrected chi connectivity index (χ0v) is 8.61. The van der Waals surface area contributed by atoms with Gasteiger partial charge in [0.05, 0.1) is 7.11 Å². The lowest BCUT2D eigenvalue weighted by atomic mass is 9.95. The zero-order valence-electron chi connectivity index (χ0n) is 8.61. The van der Waals surface area contributed by atoms with Crippen molar-refractivity contribution in [1.82, 2.24) is 0 Å². The van der Waals surface area contributed by atoms with Crippen molar-refractivity contribution in [2.75, 3.05) is 7.11 Å². The van der Waals surface area contributed by atoms with Gasteiger partial charge in [-0.05, 0) is 11.6 Å². The number of methoxy groups -OCH3 is 1. The molecule has 0 saturated carbocycles. The van der Waals surface area contributed by atoms with E-state index in [1.54, 1.807) is 19.1 Å². The van der Waals surface area contributed by atoms with Gasteiger partial charge in [-0.25, -0.2) is 9.18 Å². The Labute approximate surface area is 87.5 Å². The van der Waals surface area contributed by atoms with Crippen LogP contribution in [0.25, 0.3) is 0 Å². The van der Waals surface area contributed by atoms with Gasteiger partial charge in [-0.2, -0.15) is 0 Å². The number of benzene rings is 1. The molecule has 0 heterocycles. The predicted molar refractivity (Wildman–Crippen MR) is 52.8 cm³/mol. The van der Waals surface area contributed by atoms with Gasteiger partial charge in [-0.1, -0.05) is 25.1 Å². The van der Waals surface area contributed by atoms with Gasteiger partial charge >= 0.3 is 5.97 Å². The SMILES string of the molecule is COC(=O)[C@@H](O)[C@@H](C)c1ccccc1F. The van der Waals surface area contributed by atoms with Gasteiger partial charge in [0.15, 0.2) is 6.10 Å². The Morgan fingerprint density at radius 3 is 2.60 bits per heavy atom. The van der Waals surface area contributed by atoms with Crippen LogP contribution in [-0.4, -0.2) is 24.3 Å². The van der Waals surface area contributed by atoms with Crippen molar-refractivity contribution in [2.45, 2.75) is 18.9 Å². The van der Waals surface area contributed by atoms with E-state index in [2.05, 4.69) is 4.74 Å². The molecule has 15 heavy (non-hydrogen) atoms. The summed E-state index contributed by atoms with van der Waals surface area (Å²) >= 11 is 0. The molecular formula is C11H13FO3. The number of rotatable bonds is 3. The van der Waals surface area contributed by atoms with Crippen LogP contribution in [0.5, 0.6) is 0 Å². The third-order valence-electron chi connectivity index (χ3n) is 2.31. The smallest absolute Gasteiger partial charge is 0.335 e. The Bertz CT molecular complexity index is 351. The summed E-state index contributed by atoms with van der Waals surface area (Å²) in [5, 5.41) is 9.52. The molecule has 0 spiro atoms. The highest BCUT2D eigenvalue weighted by Gasteiger charge is 2.26. The predicted octanol–water partition coefficient (Wildman–Crippen LogP) is 1.46. The van der Waals surface area contributed by atoms with Gasteiger partial charge in [0.2, 0.25) is 0 Å². The second-order valence-electron chi connectivity index (χ2n) is 3.28. The number of esters is 1. The molecule has 0 fully saturated rings. The fourth-order valence-electron chi connectivity index (χ4n) is 1.34. The highest BCUT2D eigenvalue weighted by molar-refractivity contribution is 5.75. The molecule has 1 rings (SSSR count). The lowest BCUT2D eigenvalue weighted by Gasteiger charge is -2.17. The first-order valence-corrected chi connectivity index (χ1v) is 4.58. The minimum Gasteiger partial charge on any atom is -0.467 e. The maximum absolute atomic E-state index is 13.3. The third kappa shape index (κ3) is 2.53. The van der Waals surface area contributed by atoms with E-state index < -0.39 is 23.8 Å². The minimum atomic E-state index is -1.34. The topological polar surface area (TPSA) is 46.5 Å². The molecule has 1 N–H and O–H groups in total. The van der Waals surface area contributed by atoms with Gasteiger partial charge in [0.1, 0.15) is 5.82 Å². The summed E-state index contributed by atoms with van der Waals surface area (Å²) < 4.78 is 17.7. The largest absolute Gasteiger partial charge is 0.467 e. The van der Waals surface area contributed by atoms with Crippen LogP contribution in [-0.2, 0) is 9.53 Å². The summed E-state index contributed by atoms with van der Waals surface area (Å²) in [6.45, 7) is 1.57. The van der Waals surface area contributed by atoms with E-state index >= 15 is 0 Å². The monoisotopic (exact) mass is 212 g/mol. The van der Waals surface area contributed by atoms with Crippen LogP contribution < -0.4 is 0 Å². The molecule has 0 aliphatic carbocycles. The molecule has 0 unspecified atom stereocenters. The van der Waals surface area contributed by atoms with Crippen LogP contribution in [0.4, 0.5) is 4.39 Å². The molecule has 2 atom stereocenters. The molecule has 0 bridgehead atoms. The van der Waals surface area contributed by atoms with Crippen molar-refractivity contribution in [2.24, 2.45) is 0 Å². The average molecular weight is 212 g/mol. The van der Waals surface area contributed by atoms with Crippen molar-refractivity contribution in [3.8, 4) is 0 Å². The summed E-state index contributed by atoms with van der Waals surface area (Å²) in [7, 11) is 1.18. The minimum absolute atomic E-state index is 0.301. The Morgan fingerprint density at radius 2 is 2.07 bits per heavy atom. The van der Waals surface area contributed by atoms with E-state index in [0.717, 1.165) is 0 Å². The number of aliphatic hydroxyl groups excluding tert-OH is 1. The van der Waals surface area contributed by atoms with Crippen LogP contribution in [0.2, 0.25) is 0 Å². The van der Waals surface area contributed by atoms with Crippen molar-refractivity contribution in [3.63, 3.8) is 0 Å². The Balaban J connectivity index is 2.89. The number of hydrogen-bond acceptors (Lipinski definition) is 3. The standard InChI is InChI=1S/C11H13FO3/c1-7(10(13)11(14)15-2)8-5-3-4-6-9(8)12/h3-7,10,13H,1-2H3/t7-,10-/m0/s1. The fraction of sp³-hybridized carbons (Fsp3) is 0.364. The Morgan fingerprint density at radius 1 is 1.47 bits per heavy atom. The van der Waals surface area contributed by atoms with Crippen LogP contribution >= 0.6 is 0 Å². The van der Waals surface area contributed by atoms with Gasteiger partial charge in [0, 0.05) is 5.92 Å². The molecule has 0 aliphatic heterocycles. The molecule has 0 saturated heterocycles. The maximum atomic E-state index is 13.3. The second-order valence-corrected chi connectivity index (χ2v) is 3.28. The molecule has 0 radical (unpaired) electrons. The first-order chi connectivity index (χ1) is 7.07. The zero-order chi connectivity index (χ0) is 11.4. The van der Waals surface area contributed by atoms with Crippen molar-refractivity contribution < 1.29 is 19.0 Å². The van der Waals surface area contributed by atoms with Crippen molar-refractivity contribution in [3.05, 3.63) is 35.6 Å². The second kappa shape index (κ2) is 4.89. The van der Waals surface area contributed by atoms with Gasteiger partial charge < -0.3 is 9.84 Å². The molecule has 3 nitrogen and oxygen atoms in total. The molecule has 0 amide bonds. The van der Waals surface area contributed by atoms with Crippen LogP contribution in [0.3, 0.4) is 0 Å². The van der Waals surface area contributed by atoms with E-state index in [4.69, 9.17) is 0 Å². The summed E-state index contributed by atoms with van der Waals surface area (Å²) in [5.74, 6) is -1.82. The third-order valence-corrected chi connectivity index (χ3v) is 2.31. The first-order valence-electron chi connectivity index (χ1n) is 4.58. The number of hydrogen-bond donors (Lipinski definition) is 1. The summed E-state index contributed by atoms with van der Waals surface area (Å²) in [5.41, 5.74) is 0.301. The lowest BCUT2D eigenvalue weighted by Crippen LogP contribution is -2.28. The molecule has 1 aromatic rings. The normalized spacial score (nSPS) is 14.4. The molecular weight excluding hydrogens is 199 g/mol. The summed E-state index contributed by atoms with van der Waals surface area (Å²) in [6.07, 6.45) is -1.34. The summed E-state index contributed by atoms with van der Waals surface area (Å²) in [6, 6.07) is 6.02. The first kappa shape index (κ1) is 11.7. The highest BCUT2D eigenvalue weighted by atomic mass is 19.1. The van der Waals surface area contributed by atoms with E-state index in [1.807, 2.05) is 0 Å². The number of ether oxygens (including phenoxy) is 1. The van der Waals surface area contributed by atoms with Gasteiger partial charge in [-0.3, -0.25) is 0 Å². The van der Waals surface area contributed by atoms with E-state index in [-0.39, 0.29) is 0 Å². The van der Waals surface area contributed by atoms with Gasteiger partial charge in [0.25, 0.3) is 0 Å². The van der Waals surface area contributed by atoms with Crippen molar-refractivity contribution in [1.29, 1.82) is 0 Å². The fourth-order valence-corrected chi connectivity index (χ4v) is 1.34. The lowest BCUT2D eigenvalue weighted by molar-refractivity contribution is -0.151. The van der Waals surface area contributed by atoms with Crippen molar-refractivity contribution >= 4 is 5.97 Å². The molecule has 82 valence electrons. The van der Waals surface area contributed by atoms with Crippen LogP contribution in [0, 0.1) is 5.82 Å². The number of aliphatic hydroxyl groups is 1. The number of carbonyl (C=O) groups excluding carboxylic acids is 1. The molecule has 4 heteroatoms. The van der Waals surface area contributed by atoms with Crippen LogP contribution in [0.15, 0.2) is 24.3 Å². The number of carbonyl (C=O) groups is 1. The van der Waals surface area contributed by atoms with E-state index in [1.165, 1.54) is 19.2 Å². The maximum Gasteiger partial charge on any atom is 0.335 e. The summed E-state index contributed by atoms with van der Waals surface area (Å²) in [4.78, 5) is 11.0. The molecule has 0 aliphatic rings.